The molecule has 1 aliphatic rings. The molecule has 1 saturated carbocycles. The number of carbonyl (C=O) groups is 2. The highest BCUT2D eigenvalue weighted by Gasteiger charge is 2.34. The van der Waals surface area contributed by atoms with Gasteiger partial charge in [0.25, 0.3) is 11.8 Å². The fourth-order valence-electron chi connectivity index (χ4n) is 3.25. The maximum Gasteiger partial charge on any atom is 0.261 e. The van der Waals surface area contributed by atoms with E-state index in [0.29, 0.717) is 23.8 Å². The molecule has 2 N–H and O–H groups in total. The highest BCUT2D eigenvalue weighted by molar-refractivity contribution is 5.95. The van der Waals surface area contributed by atoms with Crippen LogP contribution in [0, 0.1) is 12.8 Å². The maximum atomic E-state index is 12.9. The highest BCUT2D eigenvalue weighted by Crippen LogP contribution is 2.35. The van der Waals surface area contributed by atoms with E-state index >= 15 is 0 Å². The number of ether oxygens (including phenoxy) is 1. The number of amides is 2. The zero-order chi connectivity index (χ0) is 19.4. The third-order valence-electron chi connectivity index (χ3n) is 5.07. The van der Waals surface area contributed by atoms with Crippen molar-refractivity contribution in [3.63, 3.8) is 0 Å². The van der Waals surface area contributed by atoms with Crippen LogP contribution in [0.5, 0.6) is 5.75 Å². The van der Waals surface area contributed by atoms with E-state index in [1.54, 1.807) is 18.2 Å². The minimum absolute atomic E-state index is 0.0878. The number of nitrogens with two attached hydrogens (primary N) is 1. The van der Waals surface area contributed by atoms with Gasteiger partial charge in [0.1, 0.15) is 5.75 Å². The number of nitrogens with zero attached hydrogens (tertiary/aromatic N) is 1. The van der Waals surface area contributed by atoms with Crippen LogP contribution in [-0.4, -0.2) is 29.4 Å². The molecule has 0 saturated heterocycles. The first-order chi connectivity index (χ1) is 13.0. The molecule has 1 atom stereocenters. The Kier molecular flexibility index (Phi) is 5.79. The third kappa shape index (κ3) is 4.88. The molecule has 2 amide bonds. The van der Waals surface area contributed by atoms with Gasteiger partial charge in [-0.2, -0.15) is 0 Å². The van der Waals surface area contributed by atoms with Gasteiger partial charge in [-0.15, -0.1) is 0 Å². The van der Waals surface area contributed by atoms with E-state index in [4.69, 9.17) is 10.5 Å². The van der Waals surface area contributed by atoms with E-state index in [1.165, 1.54) is 0 Å². The van der Waals surface area contributed by atoms with Crippen LogP contribution >= 0.6 is 0 Å². The Morgan fingerprint density at radius 3 is 2.52 bits per heavy atom. The van der Waals surface area contributed by atoms with Gasteiger partial charge in [-0.1, -0.05) is 36.4 Å². The molecule has 5 nitrogen and oxygen atoms in total. The molecular formula is C22H26N2O3. The second-order valence-electron chi connectivity index (χ2n) is 7.24. The van der Waals surface area contributed by atoms with Crippen LogP contribution in [0.1, 0.15) is 41.3 Å². The Bertz CT molecular complexity index is 816. The average molecular weight is 366 g/mol. The van der Waals surface area contributed by atoms with E-state index in [1.807, 2.05) is 42.2 Å². The molecule has 0 radical (unpaired) electrons. The van der Waals surface area contributed by atoms with E-state index in [2.05, 4.69) is 6.92 Å². The number of hydrogen-bond acceptors (Lipinski definition) is 3. The zero-order valence-corrected chi connectivity index (χ0v) is 15.9. The summed E-state index contributed by atoms with van der Waals surface area (Å²) in [6.07, 6.45) is 2.31. The monoisotopic (exact) mass is 366 g/mol. The summed E-state index contributed by atoms with van der Waals surface area (Å²) in [4.78, 5) is 26.4. The summed E-state index contributed by atoms with van der Waals surface area (Å²) in [5.41, 5.74) is 7.73. The molecule has 0 bridgehead atoms. The van der Waals surface area contributed by atoms with Gasteiger partial charge in [-0.05, 0) is 55.9 Å². The lowest BCUT2D eigenvalue weighted by atomic mass is 10.1. The van der Waals surface area contributed by atoms with Crippen LogP contribution in [0.4, 0.5) is 0 Å². The number of rotatable bonds is 8. The van der Waals surface area contributed by atoms with Crippen LogP contribution in [-0.2, 0) is 11.3 Å². The van der Waals surface area contributed by atoms with Gasteiger partial charge in [-0.3, -0.25) is 9.59 Å². The van der Waals surface area contributed by atoms with Crippen LogP contribution in [0.3, 0.4) is 0 Å². The van der Waals surface area contributed by atoms with E-state index in [9.17, 15) is 9.59 Å². The molecule has 27 heavy (non-hydrogen) atoms. The Labute approximate surface area is 160 Å². The normalized spacial score (nSPS) is 14.4. The number of aryl methyl sites for hydroxylation is 1. The summed E-state index contributed by atoms with van der Waals surface area (Å²) in [6, 6.07) is 15.3. The third-order valence-corrected chi connectivity index (χ3v) is 5.07. The summed E-state index contributed by atoms with van der Waals surface area (Å²) in [5, 5.41) is 0. The number of benzene rings is 2. The molecule has 2 aromatic rings. The molecular weight excluding hydrogens is 340 g/mol. The van der Waals surface area contributed by atoms with Gasteiger partial charge >= 0.3 is 0 Å². The number of hydrogen-bond donors (Lipinski definition) is 1. The molecule has 0 aromatic heterocycles. The van der Waals surface area contributed by atoms with Crippen molar-refractivity contribution in [2.75, 3.05) is 6.61 Å². The van der Waals surface area contributed by atoms with Crippen molar-refractivity contribution in [1.82, 2.24) is 4.90 Å². The summed E-state index contributed by atoms with van der Waals surface area (Å²) in [7, 11) is 0. The van der Waals surface area contributed by atoms with Crippen molar-refractivity contribution < 1.29 is 14.3 Å². The first-order valence-electron chi connectivity index (χ1n) is 9.32. The predicted molar refractivity (Wildman–Crippen MR) is 104 cm³/mol. The van der Waals surface area contributed by atoms with Crippen molar-refractivity contribution in [3.05, 3.63) is 65.2 Å². The lowest BCUT2D eigenvalue weighted by molar-refractivity contribution is -0.136. The fraction of sp³-hybridized carbons (Fsp3) is 0.364. The predicted octanol–water partition coefficient (Wildman–Crippen LogP) is 3.30. The van der Waals surface area contributed by atoms with Gasteiger partial charge in [0, 0.05) is 12.6 Å². The van der Waals surface area contributed by atoms with Crippen LogP contribution in [0.25, 0.3) is 0 Å². The standard InChI is InChI=1S/C22H26N2O3/c1-15-8-11-19(22(23)26)20(12-15)27-14-21(25)24(16(2)18-9-10-18)13-17-6-4-3-5-7-17/h3-8,11-12,16,18H,9-10,13-14H2,1-2H3,(H2,23,26)/t16-/m1/s1. The minimum Gasteiger partial charge on any atom is -0.483 e. The second kappa shape index (κ2) is 8.25. The van der Waals surface area contributed by atoms with Crippen LogP contribution in [0.2, 0.25) is 0 Å². The first-order valence-corrected chi connectivity index (χ1v) is 9.32. The van der Waals surface area contributed by atoms with E-state index < -0.39 is 5.91 Å². The van der Waals surface area contributed by atoms with Crippen molar-refractivity contribution in [2.45, 2.75) is 39.3 Å². The molecule has 0 heterocycles. The molecule has 2 aromatic carbocycles. The highest BCUT2D eigenvalue weighted by atomic mass is 16.5. The van der Waals surface area contributed by atoms with Gasteiger partial charge < -0.3 is 15.4 Å². The van der Waals surface area contributed by atoms with Crippen molar-refractivity contribution >= 4 is 11.8 Å². The molecule has 142 valence electrons. The summed E-state index contributed by atoms with van der Waals surface area (Å²) >= 11 is 0. The Morgan fingerprint density at radius 2 is 1.89 bits per heavy atom. The second-order valence-corrected chi connectivity index (χ2v) is 7.24. The fourth-order valence-corrected chi connectivity index (χ4v) is 3.25. The quantitative estimate of drug-likeness (QED) is 0.779. The van der Waals surface area contributed by atoms with Crippen molar-refractivity contribution in [2.24, 2.45) is 11.7 Å². The smallest absolute Gasteiger partial charge is 0.261 e. The molecule has 1 fully saturated rings. The average Bonchev–Trinajstić information content (AvgIpc) is 3.49. The number of primary amides is 1. The largest absolute Gasteiger partial charge is 0.483 e. The Balaban J connectivity index is 1.73. The lowest BCUT2D eigenvalue weighted by Gasteiger charge is -2.29. The van der Waals surface area contributed by atoms with Gasteiger partial charge in [0.15, 0.2) is 6.61 Å². The number of carbonyl (C=O) groups excluding carboxylic acids is 2. The summed E-state index contributed by atoms with van der Waals surface area (Å²) in [5.74, 6) is 0.257. The van der Waals surface area contributed by atoms with Crippen molar-refractivity contribution in [3.8, 4) is 5.75 Å². The Hall–Kier alpha value is -2.82. The maximum absolute atomic E-state index is 12.9. The van der Waals surface area contributed by atoms with E-state index in [-0.39, 0.29) is 18.6 Å². The molecule has 0 unspecified atom stereocenters. The molecule has 1 aliphatic carbocycles. The van der Waals surface area contributed by atoms with Crippen molar-refractivity contribution in [1.29, 1.82) is 0 Å². The van der Waals surface area contributed by atoms with Gasteiger partial charge in [0.05, 0.1) is 5.56 Å². The van der Waals surface area contributed by atoms with Crippen LogP contribution in [0.15, 0.2) is 48.5 Å². The topological polar surface area (TPSA) is 72.6 Å². The molecule has 0 aliphatic heterocycles. The SMILES string of the molecule is Cc1ccc(C(N)=O)c(OCC(=O)N(Cc2ccccc2)[C@H](C)C2CC2)c1. The Morgan fingerprint density at radius 1 is 1.19 bits per heavy atom. The van der Waals surface area contributed by atoms with Gasteiger partial charge in [0.2, 0.25) is 0 Å². The summed E-state index contributed by atoms with van der Waals surface area (Å²) < 4.78 is 5.72. The zero-order valence-electron chi connectivity index (χ0n) is 15.9. The minimum atomic E-state index is -0.565. The lowest BCUT2D eigenvalue weighted by Crippen LogP contribution is -2.42. The first kappa shape index (κ1) is 19.0. The molecule has 5 heteroatoms. The van der Waals surface area contributed by atoms with E-state index in [0.717, 1.165) is 24.0 Å². The van der Waals surface area contributed by atoms with Gasteiger partial charge in [-0.25, -0.2) is 0 Å². The summed E-state index contributed by atoms with van der Waals surface area (Å²) in [6.45, 7) is 4.43. The molecule has 0 spiro atoms. The van der Waals surface area contributed by atoms with Crippen LogP contribution < -0.4 is 10.5 Å². The molecule has 3 rings (SSSR count).